The Morgan fingerprint density at radius 3 is 2.76 bits per heavy atom. The number of rotatable bonds is 5. The molecule has 0 saturated carbocycles. The van der Waals surface area contributed by atoms with E-state index < -0.39 is 0 Å². The molecular formula is C12H14Cl2O2S. The maximum atomic E-state index is 11.2. The van der Waals surface area contributed by atoms with Crippen molar-refractivity contribution < 1.29 is 9.53 Å². The van der Waals surface area contributed by atoms with Crippen LogP contribution >= 0.6 is 35.0 Å². The second-order valence-electron chi connectivity index (χ2n) is 3.68. The quantitative estimate of drug-likeness (QED) is 0.767. The van der Waals surface area contributed by atoms with Crippen LogP contribution in [0.4, 0.5) is 0 Å². The van der Waals surface area contributed by atoms with Crippen LogP contribution in [-0.2, 0) is 15.3 Å². The molecule has 2 nitrogen and oxygen atoms in total. The predicted octanol–water partition coefficient (Wildman–Crippen LogP) is 4.04. The van der Waals surface area contributed by atoms with Gasteiger partial charge in [-0.3, -0.25) is 4.79 Å². The monoisotopic (exact) mass is 292 g/mol. The maximum Gasteiger partial charge on any atom is 0.309 e. The van der Waals surface area contributed by atoms with Gasteiger partial charge in [-0.25, -0.2) is 0 Å². The van der Waals surface area contributed by atoms with Gasteiger partial charge in [-0.05, 0) is 17.7 Å². The molecule has 0 aliphatic rings. The third-order valence-electron chi connectivity index (χ3n) is 2.24. The van der Waals surface area contributed by atoms with Crippen LogP contribution in [0.3, 0.4) is 0 Å². The molecule has 94 valence electrons. The highest BCUT2D eigenvalue weighted by Gasteiger charge is 2.13. The maximum absolute atomic E-state index is 11.2. The zero-order valence-corrected chi connectivity index (χ0v) is 12.0. The Labute approximate surface area is 116 Å². The molecule has 0 aliphatic carbocycles. The molecule has 1 rings (SSSR count). The molecule has 0 aromatic heterocycles. The van der Waals surface area contributed by atoms with Gasteiger partial charge in [-0.1, -0.05) is 36.2 Å². The molecule has 0 spiro atoms. The summed E-state index contributed by atoms with van der Waals surface area (Å²) in [5.41, 5.74) is 1.03. The average molecular weight is 293 g/mol. The molecule has 0 N–H and O–H groups in total. The summed E-state index contributed by atoms with van der Waals surface area (Å²) in [7, 11) is 1.40. The third-order valence-corrected chi connectivity index (χ3v) is 4.08. The standard InChI is InChI=1S/C12H14Cl2O2S/c1-8(12(15)16-2)6-17-7-9-3-4-10(13)5-11(9)14/h3-5,8H,6-7H2,1-2H3. The number of benzene rings is 1. The fourth-order valence-electron chi connectivity index (χ4n) is 1.25. The number of methoxy groups -OCH3 is 1. The Hall–Kier alpha value is -0.380. The number of carbonyl (C=O) groups excluding carboxylic acids is 1. The summed E-state index contributed by atoms with van der Waals surface area (Å²) in [4.78, 5) is 11.2. The van der Waals surface area contributed by atoms with E-state index in [-0.39, 0.29) is 11.9 Å². The normalized spacial score (nSPS) is 12.2. The Morgan fingerprint density at radius 1 is 1.47 bits per heavy atom. The molecule has 1 aromatic rings. The van der Waals surface area contributed by atoms with Crippen molar-refractivity contribution in [2.24, 2.45) is 5.92 Å². The van der Waals surface area contributed by atoms with Crippen molar-refractivity contribution >= 4 is 40.9 Å². The zero-order chi connectivity index (χ0) is 12.8. The van der Waals surface area contributed by atoms with E-state index in [1.54, 1.807) is 17.8 Å². The first-order valence-electron chi connectivity index (χ1n) is 5.14. The zero-order valence-electron chi connectivity index (χ0n) is 9.70. The third kappa shape index (κ3) is 4.78. The summed E-state index contributed by atoms with van der Waals surface area (Å²) in [6.45, 7) is 1.85. The van der Waals surface area contributed by atoms with Crippen LogP contribution < -0.4 is 0 Å². The fraction of sp³-hybridized carbons (Fsp3) is 0.417. The lowest BCUT2D eigenvalue weighted by molar-refractivity contribution is -0.143. The SMILES string of the molecule is COC(=O)C(C)CSCc1ccc(Cl)cc1Cl. The van der Waals surface area contributed by atoms with E-state index in [2.05, 4.69) is 4.74 Å². The van der Waals surface area contributed by atoms with Gasteiger partial charge in [-0.15, -0.1) is 0 Å². The average Bonchev–Trinajstić information content (AvgIpc) is 2.30. The van der Waals surface area contributed by atoms with E-state index in [0.717, 1.165) is 11.3 Å². The van der Waals surface area contributed by atoms with Crippen molar-refractivity contribution in [2.75, 3.05) is 12.9 Å². The van der Waals surface area contributed by atoms with Crippen LogP contribution in [0.15, 0.2) is 18.2 Å². The van der Waals surface area contributed by atoms with Gasteiger partial charge in [0.05, 0.1) is 13.0 Å². The van der Waals surface area contributed by atoms with Gasteiger partial charge in [0.15, 0.2) is 0 Å². The van der Waals surface area contributed by atoms with Crippen LogP contribution in [0.5, 0.6) is 0 Å². The molecule has 1 aromatic carbocycles. The minimum absolute atomic E-state index is 0.101. The topological polar surface area (TPSA) is 26.3 Å². The first-order chi connectivity index (χ1) is 8.04. The predicted molar refractivity (Wildman–Crippen MR) is 73.8 cm³/mol. The van der Waals surface area contributed by atoms with Gasteiger partial charge >= 0.3 is 5.97 Å². The Bertz CT molecular complexity index is 396. The largest absolute Gasteiger partial charge is 0.469 e. The van der Waals surface area contributed by atoms with E-state index in [1.165, 1.54) is 7.11 Å². The fourth-order valence-corrected chi connectivity index (χ4v) is 2.89. The van der Waals surface area contributed by atoms with Gasteiger partial charge in [-0.2, -0.15) is 11.8 Å². The van der Waals surface area contributed by atoms with E-state index in [0.29, 0.717) is 15.8 Å². The second-order valence-corrected chi connectivity index (χ2v) is 5.55. The minimum atomic E-state index is -0.181. The number of esters is 1. The van der Waals surface area contributed by atoms with Crippen LogP contribution in [-0.4, -0.2) is 18.8 Å². The van der Waals surface area contributed by atoms with Crippen molar-refractivity contribution in [1.29, 1.82) is 0 Å². The van der Waals surface area contributed by atoms with Crippen LogP contribution in [0.2, 0.25) is 10.0 Å². The van der Waals surface area contributed by atoms with Crippen molar-refractivity contribution in [3.63, 3.8) is 0 Å². The lowest BCUT2D eigenvalue weighted by atomic mass is 10.2. The molecule has 0 radical (unpaired) electrons. The highest BCUT2D eigenvalue weighted by molar-refractivity contribution is 7.98. The van der Waals surface area contributed by atoms with E-state index >= 15 is 0 Å². The first kappa shape index (κ1) is 14.7. The van der Waals surface area contributed by atoms with Gasteiger partial charge in [0.25, 0.3) is 0 Å². The lowest BCUT2D eigenvalue weighted by Crippen LogP contribution is -2.14. The van der Waals surface area contributed by atoms with Crippen LogP contribution in [0, 0.1) is 5.92 Å². The highest BCUT2D eigenvalue weighted by atomic mass is 35.5. The lowest BCUT2D eigenvalue weighted by Gasteiger charge is -2.09. The highest BCUT2D eigenvalue weighted by Crippen LogP contribution is 2.25. The van der Waals surface area contributed by atoms with E-state index in [1.807, 2.05) is 19.1 Å². The molecule has 0 heterocycles. The van der Waals surface area contributed by atoms with Gasteiger partial charge < -0.3 is 4.74 Å². The summed E-state index contributed by atoms with van der Waals surface area (Å²) < 4.78 is 4.66. The number of carbonyl (C=O) groups is 1. The summed E-state index contributed by atoms with van der Waals surface area (Å²) in [6, 6.07) is 5.44. The molecular weight excluding hydrogens is 279 g/mol. The molecule has 1 unspecified atom stereocenters. The van der Waals surface area contributed by atoms with Crippen molar-refractivity contribution in [1.82, 2.24) is 0 Å². The molecule has 17 heavy (non-hydrogen) atoms. The molecule has 0 bridgehead atoms. The molecule has 5 heteroatoms. The summed E-state index contributed by atoms with van der Waals surface area (Å²) in [6.07, 6.45) is 0. The van der Waals surface area contributed by atoms with Crippen molar-refractivity contribution in [3.05, 3.63) is 33.8 Å². The van der Waals surface area contributed by atoms with E-state index in [9.17, 15) is 4.79 Å². The molecule has 0 aliphatic heterocycles. The summed E-state index contributed by atoms with van der Waals surface area (Å²) >= 11 is 13.5. The van der Waals surface area contributed by atoms with Gasteiger partial charge in [0, 0.05) is 21.6 Å². The Morgan fingerprint density at radius 2 is 2.18 bits per heavy atom. The Kier molecular flexibility index (Phi) is 6.17. The molecule has 0 fully saturated rings. The second kappa shape index (κ2) is 7.14. The smallest absolute Gasteiger partial charge is 0.309 e. The number of thioether (sulfide) groups is 1. The number of ether oxygens (including phenoxy) is 1. The van der Waals surface area contributed by atoms with Gasteiger partial charge in [0.1, 0.15) is 0 Å². The minimum Gasteiger partial charge on any atom is -0.469 e. The molecule has 0 amide bonds. The van der Waals surface area contributed by atoms with Crippen LogP contribution in [0.1, 0.15) is 12.5 Å². The van der Waals surface area contributed by atoms with Crippen LogP contribution in [0.25, 0.3) is 0 Å². The summed E-state index contributed by atoms with van der Waals surface area (Å²) in [5, 5.41) is 1.29. The summed E-state index contributed by atoms with van der Waals surface area (Å²) in [5.74, 6) is 1.19. The number of hydrogen-bond acceptors (Lipinski definition) is 3. The van der Waals surface area contributed by atoms with Gasteiger partial charge in [0.2, 0.25) is 0 Å². The molecule has 1 atom stereocenters. The van der Waals surface area contributed by atoms with Crippen molar-refractivity contribution in [2.45, 2.75) is 12.7 Å². The Balaban J connectivity index is 2.43. The molecule has 0 saturated heterocycles. The first-order valence-corrected chi connectivity index (χ1v) is 7.05. The number of hydrogen-bond donors (Lipinski definition) is 0. The number of halogens is 2. The van der Waals surface area contributed by atoms with Crippen molar-refractivity contribution in [3.8, 4) is 0 Å². The van der Waals surface area contributed by atoms with E-state index in [4.69, 9.17) is 23.2 Å².